The first kappa shape index (κ1) is 22.1. The maximum atomic E-state index is 15.1. The standard InChI is InChI=1S/C23H24FN5O.C2H6/c1-14-8-15(9-17-12-28(3)26-22(14)17)16-10-19(24)21-20(11-16)25-13-29(23(21)30)18-4-6-27(2)7-5-18;1-2/h8-13,18H,4-7H2,1-3H3;1-2H3. The van der Waals surface area contributed by atoms with E-state index in [1.807, 2.05) is 46.1 Å². The van der Waals surface area contributed by atoms with Gasteiger partial charge in [-0.15, -0.1) is 0 Å². The minimum atomic E-state index is -0.522. The average Bonchev–Trinajstić information content (AvgIpc) is 3.17. The molecule has 3 heterocycles. The van der Waals surface area contributed by atoms with E-state index in [4.69, 9.17) is 0 Å². The van der Waals surface area contributed by atoms with Gasteiger partial charge in [0.05, 0.1) is 17.4 Å². The molecule has 0 atom stereocenters. The molecule has 0 radical (unpaired) electrons. The molecule has 5 rings (SSSR count). The molecule has 168 valence electrons. The fourth-order valence-electron chi connectivity index (χ4n) is 4.51. The lowest BCUT2D eigenvalue weighted by molar-refractivity contribution is 0.218. The zero-order chi connectivity index (χ0) is 23.0. The highest BCUT2D eigenvalue weighted by Gasteiger charge is 2.21. The highest BCUT2D eigenvalue weighted by molar-refractivity contribution is 5.90. The Labute approximate surface area is 187 Å². The fourth-order valence-corrected chi connectivity index (χ4v) is 4.51. The number of rotatable bonds is 2. The molecule has 2 aromatic carbocycles. The van der Waals surface area contributed by atoms with Crippen molar-refractivity contribution in [2.75, 3.05) is 20.1 Å². The molecular formula is C25H30FN5O. The largest absolute Gasteiger partial charge is 0.306 e. The second-order valence-electron chi connectivity index (χ2n) is 8.38. The molecule has 1 saturated heterocycles. The van der Waals surface area contributed by atoms with Crippen LogP contribution >= 0.6 is 0 Å². The van der Waals surface area contributed by atoms with Crippen molar-refractivity contribution in [1.29, 1.82) is 0 Å². The molecule has 0 amide bonds. The Hall–Kier alpha value is -3.06. The predicted molar refractivity (Wildman–Crippen MR) is 128 cm³/mol. The summed E-state index contributed by atoms with van der Waals surface area (Å²) in [6.07, 6.45) is 5.27. The summed E-state index contributed by atoms with van der Waals surface area (Å²) < 4.78 is 18.5. The summed E-state index contributed by atoms with van der Waals surface area (Å²) in [4.78, 5) is 19.8. The number of piperidine rings is 1. The van der Waals surface area contributed by atoms with Crippen LogP contribution in [0.15, 0.2) is 41.6 Å². The monoisotopic (exact) mass is 435 g/mol. The Balaban J connectivity index is 0.00000119. The van der Waals surface area contributed by atoms with Gasteiger partial charge in [-0.25, -0.2) is 9.37 Å². The molecule has 0 bridgehead atoms. The quantitative estimate of drug-likeness (QED) is 0.458. The van der Waals surface area contributed by atoms with E-state index in [0.717, 1.165) is 48.0 Å². The summed E-state index contributed by atoms with van der Waals surface area (Å²) >= 11 is 0. The van der Waals surface area contributed by atoms with E-state index in [0.29, 0.717) is 11.1 Å². The van der Waals surface area contributed by atoms with Crippen LogP contribution in [0.5, 0.6) is 0 Å². The fraction of sp³-hybridized carbons (Fsp3) is 0.400. The maximum Gasteiger partial charge on any atom is 0.264 e. The van der Waals surface area contributed by atoms with Gasteiger partial charge in [-0.1, -0.05) is 13.8 Å². The van der Waals surface area contributed by atoms with Crippen LogP contribution in [0.1, 0.15) is 38.3 Å². The summed E-state index contributed by atoms with van der Waals surface area (Å²) in [6.45, 7) is 7.84. The van der Waals surface area contributed by atoms with Crippen molar-refractivity contribution >= 4 is 21.8 Å². The molecule has 2 aromatic heterocycles. The van der Waals surface area contributed by atoms with Crippen LogP contribution in [0.2, 0.25) is 0 Å². The highest BCUT2D eigenvalue weighted by atomic mass is 19.1. The van der Waals surface area contributed by atoms with E-state index in [1.165, 1.54) is 6.07 Å². The van der Waals surface area contributed by atoms with Crippen LogP contribution in [-0.2, 0) is 7.05 Å². The number of aromatic nitrogens is 4. The molecule has 1 fully saturated rings. The maximum absolute atomic E-state index is 15.1. The molecule has 4 aromatic rings. The third-order valence-corrected chi connectivity index (χ3v) is 6.17. The van der Waals surface area contributed by atoms with Gasteiger partial charge in [0.1, 0.15) is 11.2 Å². The Bertz CT molecular complexity index is 1330. The van der Waals surface area contributed by atoms with Gasteiger partial charge >= 0.3 is 0 Å². The van der Waals surface area contributed by atoms with Crippen LogP contribution in [0, 0.1) is 12.7 Å². The van der Waals surface area contributed by atoms with Crippen molar-refractivity contribution in [3.05, 3.63) is 58.5 Å². The normalized spacial score (nSPS) is 15.2. The summed E-state index contributed by atoms with van der Waals surface area (Å²) in [5.74, 6) is -0.522. The summed E-state index contributed by atoms with van der Waals surface area (Å²) in [5.41, 5.74) is 3.64. The van der Waals surface area contributed by atoms with Gasteiger partial charge in [0, 0.05) is 24.7 Å². The van der Waals surface area contributed by atoms with Crippen LogP contribution in [0.25, 0.3) is 32.9 Å². The lowest BCUT2D eigenvalue weighted by Crippen LogP contribution is -2.35. The molecule has 0 aliphatic carbocycles. The van der Waals surface area contributed by atoms with Gasteiger partial charge in [-0.05, 0) is 80.9 Å². The number of benzene rings is 2. The number of fused-ring (bicyclic) bond motifs is 2. The molecular weight excluding hydrogens is 405 g/mol. The van der Waals surface area contributed by atoms with Gasteiger partial charge in [0.15, 0.2) is 0 Å². The Morgan fingerprint density at radius 2 is 1.72 bits per heavy atom. The molecule has 1 aliphatic heterocycles. The average molecular weight is 436 g/mol. The topological polar surface area (TPSA) is 56.0 Å². The predicted octanol–water partition coefficient (Wildman–Crippen LogP) is 4.69. The van der Waals surface area contributed by atoms with Gasteiger partial charge < -0.3 is 4.90 Å². The Kier molecular flexibility index (Phi) is 6.11. The minimum absolute atomic E-state index is 0.0688. The number of hydrogen-bond donors (Lipinski definition) is 0. The van der Waals surface area contributed by atoms with Crippen LogP contribution in [0.3, 0.4) is 0 Å². The van der Waals surface area contributed by atoms with Crippen molar-refractivity contribution < 1.29 is 4.39 Å². The number of hydrogen-bond acceptors (Lipinski definition) is 4. The molecule has 0 saturated carbocycles. The summed E-state index contributed by atoms with van der Waals surface area (Å²) in [5, 5.41) is 5.54. The van der Waals surface area contributed by atoms with Crippen LogP contribution in [-0.4, -0.2) is 44.4 Å². The second kappa shape index (κ2) is 8.82. The number of halogens is 1. The first-order valence-electron chi connectivity index (χ1n) is 11.2. The molecule has 0 spiro atoms. The molecule has 0 unspecified atom stereocenters. The molecule has 0 N–H and O–H groups in total. The van der Waals surface area contributed by atoms with Crippen molar-refractivity contribution in [2.24, 2.45) is 7.05 Å². The van der Waals surface area contributed by atoms with E-state index in [9.17, 15) is 4.79 Å². The number of aryl methyl sites for hydroxylation is 2. The van der Waals surface area contributed by atoms with Crippen LogP contribution < -0.4 is 5.56 Å². The van der Waals surface area contributed by atoms with E-state index >= 15 is 4.39 Å². The number of likely N-dealkylation sites (tertiary alicyclic amines) is 1. The Morgan fingerprint density at radius 3 is 2.44 bits per heavy atom. The van der Waals surface area contributed by atoms with E-state index in [1.54, 1.807) is 21.6 Å². The van der Waals surface area contributed by atoms with E-state index in [-0.39, 0.29) is 17.0 Å². The van der Waals surface area contributed by atoms with Crippen molar-refractivity contribution in [1.82, 2.24) is 24.2 Å². The first-order valence-corrected chi connectivity index (χ1v) is 11.2. The Morgan fingerprint density at radius 1 is 1.03 bits per heavy atom. The summed E-state index contributed by atoms with van der Waals surface area (Å²) in [6, 6.07) is 7.31. The van der Waals surface area contributed by atoms with Gasteiger partial charge in [0.2, 0.25) is 0 Å². The lowest BCUT2D eigenvalue weighted by Gasteiger charge is -2.30. The first-order chi connectivity index (χ1) is 15.4. The minimum Gasteiger partial charge on any atom is -0.306 e. The molecule has 32 heavy (non-hydrogen) atoms. The smallest absolute Gasteiger partial charge is 0.264 e. The van der Waals surface area contributed by atoms with Crippen LogP contribution in [0.4, 0.5) is 4.39 Å². The number of nitrogens with zero attached hydrogens (tertiary/aromatic N) is 5. The zero-order valence-corrected chi connectivity index (χ0v) is 19.4. The SMILES string of the molecule is CC.Cc1cc(-c2cc(F)c3c(=O)n(C4CCN(C)CC4)cnc3c2)cc2cn(C)nc12. The third kappa shape index (κ3) is 3.93. The summed E-state index contributed by atoms with van der Waals surface area (Å²) in [7, 11) is 3.96. The van der Waals surface area contributed by atoms with Gasteiger partial charge in [-0.3, -0.25) is 14.0 Å². The van der Waals surface area contributed by atoms with Crippen molar-refractivity contribution in [3.8, 4) is 11.1 Å². The van der Waals surface area contributed by atoms with Crippen molar-refractivity contribution in [3.63, 3.8) is 0 Å². The zero-order valence-electron chi connectivity index (χ0n) is 19.4. The molecule has 1 aliphatic rings. The molecule has 6 nitrogen and oxygen atoms in total. The molecule has 7 heteroatoms. The van der Waals surface area contributed by atoms with Crippen molar-refractivity contribution in [2.45, 2.75) is 39.7 Å². The lowest BCUT2D eigenvalue weighted by atomic mass is 9.99. The third-order valence-electron chi connectivity index (χ3n) is 6.17. The van der Waals surface area contributed by atoms with E-state index < -0.39 is 5.82 Å². The van der Waals surface area contributed by atoms with E-state index in [2.05, 4.69) is 22.0 Å². The second-order valence-corrected chi connectivity index (χ2v) is 8.38. The van der Waals surface area contributed by atoms with Gasteiger partial charge in [-0.2, -0.15) is 5.10 Å². The highest BCUT2D eigenvalue weighted by Crippen LogP contribution is 2.30. The van der Waals surface area contributed by atoms with Gasteiger partial charge in [0.25, 0.3) is 5.56 Å².